The first kappa shape index (κ1) is 20.3. The van der Waals surface area contributed by atoms with Gasteiger partial charge in [-0.05, 0) is 42.0 Å². The molecule has 0 spiro atoms. The zero-order valence-electron chi connectivity index (χ0n) is 15.5. The van der Waals surface area contributed by atoms with Crippen LogP contribution in [0, 0.1) is 11.7 Å². The third-order valence-electron chi connectivity index (χ3n) is 4.92. The lowest BCUT2D eigenvalue weighted by atomic mass is 9.88. The van der Waals surface area contributed by atoms with Crippen LogP contribution in [0.1, 0.15) is 21.8 Å². The molecule has 1 saturated heterocycles. The van der Waals surface area contributed by atoms with Crippen molar-refractivity contribution in [1.82, 2.24) is 10.2 Å². The third-order valence-corrected chi connectivity index (χ3v) is 5.17. The fourth-order valence-electron chi connectivity index (χ4n) is 3.49. The molecule has 2 aromatic carbocycles. The van der Waals surface area contributed by atoms with Crippen LogP contribution in [-0.4, -0.2) is 50.1 Å². The summed E-state index contributed by atoms with van der Waals surface area (Å²) in [6.45, 7) is 1.39. The molecular formula is C21H22ClFN2O3. The van der Waals surface area contributed by atoms with Crippen LogP contribution in [0.15, 0.2) is 48.5 Å². The number of carbonyl (C=O) groups is 2. The van der Waals surface area contributed by atoms with E-state index in [9.17, 15) is 14.0 Å². The molecule has 0 aromatic heterocycles. The zero-order chi connectivity index (χ0) is 20.1. The Morgan fingerprint density at radius 3 is 2.64 bits per heavy atom. The SMILES string of the molecule is COCCNC(=O)[C@H]1CN(C(=O)c2ccc(Cl)cc2)C[C@@H]1c1cccc(F)c1. The van der Waals surface area contributed by atoms with E-state index in [1.165, 1.54) is 12.1 Å². The molecule has 1 aliphatic heterocycles. The van der Waals surface area contributed by atoms with Crippen LogP contribution >= 0.6 is 11.6 Å². The molecule has 5 nitrogen and oxygen atoms in total. The first-order valence-electron chi connectivity index (χ1n) is 9.06. The van der Waals surface area contributed by atoms with Gasteiger partial charge in [0, 0.05) is 43.2 Å². The number of methoxy groups -OCH3 is 1. The second-order valence-electron chi connectivity index (χ2n) is 6.77. The molecule has 1 fully saturated rings. The molecule has 0 bridgehead atoms. The Labute approximate surface area is 168 Å². The molecule has 1 N–H and O–H groups in total. The Bertz CT molecular complexity index is 844. The standard InChI is InChI=1S/C21H22ClFN2O3/c1-28-10-9-24-20(26)19-13-25(21(27)14-5-7-16(22)8-6-14)12-18(19)15-3-2-4-17(23)11-15/h2-8,11,18-19H,9-10,12-13H2,1H3,(H,24,26)/t18-,19+/m1/s1. The number of likely N-dealkylation sites (tertiary alicyclic amines) is 1. The van der Waals surface area contributed by atoms with Gasteiger partial charge in [-0.15, -0.1) is 0 Å². The summed E-state index contributed by atoms with van der Waals surface area (Å²) in [6.07, 6.45) is 0. The molecule has 148 valence electrons. The van der Waals surface area contributed by atoms with Gasteiger partial charge < -0.3 is 15.0 Å². The van der Waals surface area contributed by atoms with Crippen molar-refractivity contribution in [3.63, 3.8) is 0 Å². The van der Waals surface area contributed by atoms with Crippen LogP contribution in [-0.2, 0) is 9.53 Å². The van der Waals surface area contributed by atoms with Gasteiger partial charge in [0.2, 0.25) is 5.91 Å². The van der Waals surface area contributed by atoms with Gasteiger partial charge in [0.25, 0.3) is 5.91 Å². The van der Waals surface area contributed by atoms with E-state index >= 15 is 0 Å². The Kier molecular flexibility index (Phi) is 6.65. The largest absolute Gasteiger partial charge is 0.383 e. The van der Waals surface area contributed by atoms with Crippen LogP contribution in [0.4, 0.5) is 4.39 Å². The topological polar surface area (TPSA) is 58.6 Å². The van der Waals surface area contributed by atoms with Crippen molar-refractivity contribution in [1.29, 1.82) is 0 Å². The second-order valence-corrected chi connectivity index (χ2v) is 7.21. The van der Waals surface area contributed by atoms with Gasteiger partial charge in [-0.2, -0.15) is 0 Å². The Hall–Kier alpha value is -2.44. The Morgan fingerprint density at radius 1 is 1.21 bits per heavy atom. The number of hydrogen-bond donors (Lipinski definition) is 1. The summed E-state index contributed by atoms with van der Waals surface area (Å²) < 4.78 is 18.7. The summed E-state index contributed by atoms with van der Waals surface area (Å²) in [4.78, 5) is 27.2. The highest BCUT2D eigenvalue weighted by Crippen LogP contribution is 2.34. The van der Waals surface area contributed by atoms with Gasteiger partial charge in [0.15, 0.2) is 0 Å². The quantitative estimate of drug-likeness (QED) is 0.753. The molecule has 0 radical (unpaired) electrons. The van der Waals surface area contributed by atoms with E-state index in [0.717, 1.165) is 0 Å². The van der Waals surface area contributed by atoms with Crippen molar-refractivity contribution in [2.24, 2.45) is 5.92 Å². The smallest absolute Gasteiger partial charge is 0.253 e. The van der Waals surface area contributed by atoms with Crippen molar-refractivity contribution in [3.8, 4) is 0 Å². The fourth-order valence-corrected chi connectivity index (χ4v) is 3.62. The summed E-state index contributed by atoms with van der Waals surface area (Å²) in [5, 5.41) is 3.38. The average molecular weight is 405 g/mol. The summed E-state index contributed by atoms with van der Waals surface area (Å²) in [5.74, 6) is -1.45. The molecule has 0 saturated carbocycles. The van der Waals surface area contributed by atoms with Crippen molar-refractivity contribution >= 4 is 23.4 Å². The molecule has 1 heterocycles. The van der Waals surface area contributed by atoms with Crippen LogP contribution in [0.2, 0.25) is 5.02 Å². The number of ether oxygens (including phenoxy) is 1. The summed E-state index contributed by atoms with van der Waals surface area (Å²) in [7, 11) is 1.56. The first-order valence-corrected chi connectivity index (χ1v) is 9.44. The molecule has 1 aliphatic rings. The predicted octanol–water partition coefficient (Wildman–Crippen LogP) is 3.10. The summed E-state index contributed by atoms with van der Waals surface area (Å²) >= 11 is 5.90. The lowest BCUT2D eigenvalue weighted by molar-refractivity contribution is -0.125. The molecule has 28 heavy (non-hydrogen) atoms. The van der Waals surface area contributed by atoms with E-state index in [4.69, 9.17) is 16.3 Å². The Morgan fingerprint density at radius 2 is 1.96 bits per heavy atom. The summed E-state index contributed by atoms with van der Waals surface area (Å²) in [5.41, 5.74) is 1.21. The number of benzene rings is 2. The lowest BCUT2D eigenvalue weighted by Gasteiger charge is -2.18. The van der Waals surface area contributed by atoms with Crippen LogP contribution in [0.3, 0.4) is 0 Å². The highest BCUT2D eigenvalue weighted by molar-refractivity contribution is 6.30. The van der Waals surface area contributed by atoms with E-state index in [-0.39, 0.29) is 30.1 Å². The molecule has 0 unspecified atom stereocenters. The van der Waals surface area contributed by atoms with E-state index in [1.54, 1.807) is 48.4 Å². The predicted molar refractivity (Wildman–Crippen MR) is 105 cm³/mol. The number of halogens is 2. The average Bonchev–Trinajstić information content (AvgIpc) is 3.14. The molecular weight excluding hydrogens is 383 g/mol. The van der Waals surface area contributed by atoms with E-state index in [0.29, 0.717) is 35.8 Å². The minimum Gasteiger partial charge on any atom is -0.383 e. The minimum absolute atomic E-state index is 0.169. The van der Waals surface area contributed by atoms with Crippen molar-refractivity contribution in [2.45, 2.75) is 5.92 Å². The maximum absolute atomic E-state index is 13.7. The zero-order valence-corrected chi connectivity index (χ0v) is 16.3. The molecule has 2 amide bonds. The first-order chi connectivity index (χ1) is 13.5. The minimum atomic E-state index is -0.463. The number of carbonyl (C=O) groups excluding carboxylic acids is 2. The molecule has 2 aromatic rings. The van der Waals surface area contributed by atoms with E-state index in [1.807, 2.05) is 0 Å². The number of amides is 2. The second kappa shape index (κ2) is 9.17. The van der Waals surface area contributed by atoms with E-state index < -0.39 is 5.92 Å². The highest BCUT2D eigenvalue weighted by Gasteiger charge is 2.40. The number of nitrogens with one attached hydrogen (secondary N) is 1. The third kappa shape index (κ3) is 4.69. The monoisotopic (exact) mass is 404 g/mol. The number of hydrogen-bond acceptors (Lipinski definition) is 3. The fraction of sp³-hybridized carbons (Fsp3) is 0.333. The van der Waals surface area contributed by atoms with E-state index in [2.05, 4.69) is 5.32 Å². The van der Waals surface area contributed by atoms with Gasteiger partial charge in [-0.25, -0.2) is 4.39 Å². The molecule has 7 heteroatoms. The van der Waals surface area contributed by atoms with Crippen molar-refractivity contribution in [3.05, 3.63) is 70.5 Å². The normalized spacial score (nSPS) is 18.9. The van der Waals surface area contributed by atoms with Crippen molar-refractivity contribution in [2.75, 3.05) is 33.4 Å². The maximum atomic E-state index is 13.7. The van der Waals surface area contributed by atoms with Gasteiger partial charge in [-0.3, -0.25) is 9.59 Å². The maximum Gasteiger partial charge on any atom is 0.253 e. The van der Waals surface area contributed by atoms with Gasteiger partial charge >= 0.3 is 0 Å². The highest BCUT2D eigenvalue weighted by atomic mass is 35.5. The Balaban J connectivity index is 1.82. The lowest BCUT2D eigenvalue weighted by Crippen LogP contribution is -2.37. The molecule has 0 aliphatic carbocycles. The number of rotatable bonds is 6. The van der Waals surface area contributed by atoms with Crippen LogP contribution < -0.4 is 5.32 Å². The molecule has 2 atom stereocenters. The van der Waals surface area contributed by atoms with Gasteiger partial charge in [-0.1, -0.05) is 23.7 Å². The van der Waals surface area contributed by atoms with Crippen LogP contribution in [0.5, 0.6) is 0 Å². The summed E-state index contributed by atoms with van der Waals surface area (Å²) in [6, 6.07) is 12.8. The number of nitrogens with zero attached hydrogens (tertiary/aromatic N) is 1. The van der Waals surface area contributed by atoms with Crippen LogP contribution in [0.25, 0.3) is 0 Å². The molecule has 3 rings (SSSR count). The van der Waals surface area contributed by atoms with Gasteiger partial charge in [0.05, 0.1) is 12.5 Å². The van der Waals surface area contributed by atoms with Crippen molar-refractivity contribution < 1.29 is 18.7 Å². The van der Waals surface area contributed by atoms with Gasteiger partial charge in [0.1, 0.15) is 5.82 Å².